The van der Waals surface area contributed by atoms with Crippen molar-refractivity contribution in [1.29, 1.82) is 0 Å². The predicted octanol–water partition coefficient (Wildman–Crippen LogP) is 3.69. The van der Waals surface area contributed by atoms with E-state index in [1.807, 2.05) is 49.4 Å². The smallest absolute Gasteiger partial charge is 0.121 e. The first-order valence-electron chi connectivity index (χ1n) is 5.70. The summed E-state index contributed by atoms with van der Waals surface area (Å²) in [5.74, 6) is 0.841. The maximum atomic E-state index is 10.4. The molecule has 0 saturated heterocycles. The third-order valence-corrected chi connectivity index (χ3v) is 3.57. The molecule has 0 heterocycles. The number of benzene rings is 2. The quantitative estimate of drug-likeness (QED) is 0.852. The third-order valence-electron chi connectivity index (χ3n) is 2.90. The van der Waals surface area contributed by atoms with Crippen LogP contribution in [-0.4, -0.2) is 12.2 Å². The Balaban J connectivity index is 2.34. The first kappa shape index (κ1) is 13.4. The molecule has 0 aliphatic rings. The van der Waals surface area contributed by atoms with Crippen LogP contribution >= 0.6 is 22.6 Å². The lowest BCUT2D eigenvalue weighted by Crippen LogP contribution is -2.01. The van der Waals surface area contributed by atoms with Crippen LogP contribution in [0.15, 0.2) is 42.5 Å². The zero-order valence-electron chi connectivity index (χ0n) is 10.4. The zero-order valence-corrected chi connectivity index (χ0v) is 12.5. The summed E-state index contributed by atoms with van der Waals surface area (Å²) in [6.45, 7) is 1.98. The molecule has 2 aromatic carbocycles. The van der Waals surface area contributed by atoms with Crippen molar-refractivity contribution >= 4 is 22.6 Å². The molecule has 0 saturated carbocycles. The fraction of sp³-hybridized carbons (Fsp3) is 0.200. The van der Waals surface area contributed by atoms with Crippen LogP contribution in [0.1, 0.15) is 22.8 Å². The van der Waals surface area contributed by atoms with Crippen molar-refractivity contribution in [1.82, 2.24) is 0 Å². The third kappa shape index (κ3) is 2.84. The van der Waals surface area contributed by atoms with Gasteiger partial charge in [0.2, 0.25) is 0 Å². The van der Waals surface area contributed by atoms with Crippen molar-refractivity contribution < 1.29 is 9.84 Å². The van der Waals surface area contributed by atoms with Crippen molar-refractivity contribution in [3.63, 3.8) is 0 Å². The highest BCUT2D eigenvalue weighted by Crippen LogP contribution is 2.27. The standard InChI is InChI=1S/C15H15IO2/c1-10-8-12(6-7-14(10)18-2)15(17)11-4-3-5-13(16)9-11/h3-9,15,17H,1-2H3. The van der Waals surface area contributed by atoms with Gasteiger partial charge in [0.15, 0.2) is 0 Å². The number of ether oxygens (including phenoxy) is 1. The molecular weight excluding hydrogens is 339 g/mol. The van der Waals surface area contributed by atoms with E-state index in [0.29, 0.717) is 0 Å². The molecular formula is C15H15IO2. The van der Waals surface area contributed by atoms with Crippen LogP contribution in [0.3, 0.4) is 0 Å². The first-order valence-corrected chi connectivity index (χ1v) is 6.78. The van der Waals surface area contributed by atoms with Crippen molar-refractivity contribution in [2.45, 2.75) is 13.0 Å². The lowest BCUT2D eigenvalue weighted by molar-refractivity contribution is 0.220. The van der Waals surface area contributed by atoms with Gasteiger partial charge in [-0.05, 0) is 70.5 Å². The van der Waals surface area contributed by atoms with Crippen molar-refractivity contribution in [2.24, 2.45) is 0 Å². The van der Waals surface area contributed by atoms with Crippen LogP contribution in [-0.2, 0) is 0 Å². The number of hydrogen-bond donors (Lipinski definition) is 1. The highest BCUT2D eigenvalue weighted by molar-refractivity contribution is 14.1. The highest BCUT2D eigenvalue weighted by Gasteiger charge is 2.12. The Hall–Kier alpha value is -1.07. The fourth-order valence-corrected chi connectivity index (χ4v) is 2.51. The minimum absolute atomic E-state index is 0.593. The molecule has 0 aromatic heterocycles. The summed E-state index contributed by atoms with van der Waals surface area (Å²) in [7, 11) is 1.65. The molecule has 1 unspecified atom stereocenters. The Morgan fingerprint density at radius 3 is 2.44 bits per heavy atom. The van der Waals surface area contributed by atoms with E-state index in [1.54, 1.807) is 7.11 Å². The summed E-state index contributed by atoms with van der Waals surface area (Å²) in [4.78, 5) is 0. The van der Waals surface area contributed by atoms with E-state index in [-0.39, 0.29) is 0 Å². The monoisotopic (exact) mass is 354 g/mol. The van der Waals surface area contributed by atoms with Crippen LogP contribution in [0.5, 0.6) is 5.75 Å². The van der Waals surface area contributed by atoms with Gasteiger partial charge >= 0.3 is 0 Å². The van der Waals surface area contributed by atoms with Crippen LogP contribution < -0.4 is 4.74 Å². The Morgan fingerprint density at radius 2 is 1.83 bits per heavy atom. The molecule has 2 aromatic rings. The van der Waals surface area contributed by atoms with Gasteiger partial charge in [0.1, 0.15) is 11.9 Å². The van der Waals surface area contributed by atoms with Gasteiger partial charge in [-0.3, -0.25) is 0 Å². The van der Waals surface area contributed by atoms with E-state index in [1.165, 1.54) is 0 Å². The SMILES string of the molecule is COc1ccc(C(O)c2cccc(I)c2)cc1C. The van der Waals surface area contributed by atoms with E-state index >= 15 is 0 Å². The fourth-order valence-electron chi connectivity index (χ4n) is 1.94. The van der Waals surface area contributed by atoms with E-state index < -0.39 is 6.10 Å². The maximum absolute atomic E-state index is 10.4. The molecule has 2 nitrogen and oxygen atoms in total. The average Bonchev–Trinajstić information content (AvgIpc) is 2.37. The molecule has 0 radical (unpaired) electrons. The van der Waals surface area contributed by atoms with E-state index in [4.69, 9.17) is 4.74 Å². The number of halogens is 1. The van der Waals surface area contributed by atoms with Gasteiger partial charge in [-0.25, -0.2) is 0 Å². The summed E-state index contributed by atoms with van der Waals surface area (Å²) in [6, 6.07) is 13.6. The summed E-state index contributed by atoms with van der Waals surface area (Å²) in [6.07, 6.45) is -0.593. The minimum atomic E-state index is -0.593. The van der Waals surface area contributed by atoms with E-state index in [0.717, 1.165) is 26.0 Å². The Kier molecular flexibility index (Phi) is 4.24. The molecule has 2 rings (SSSR count). The average molecular weight is 354 g/mol. The van der Waals surface area contributed by atoms with Gasteiger partial charge < -0.3 is 9.84 Å². The van der Waals surface area contributed by atoms with Crippen molar-refractivity contribution in [3.8, 4) is 5.75 Å². The first-order chi connectivity index (χ1) is 8.61. The highest BCUT2D eigenvalue weighted by atomic mass is 127. The van der Waals surface area contributed by atoms with Crippen molar-refractivity contribution in [3.05, 3.63) is 62.7 Å². The topological polar surface area (TPSA) is 29.5 Å². The number of aliphatic hydroxyl groups is 1. The van der Waals surface area contributed by atoms with Crippen LogP contribution in [0.2, 0.25) is 0 Å². The Morgan fingerprint density at radius 1 is 1.11 bits per heavy atom. The van der Waals surface area contributed by atoms with Crippen molar-refractivity contribution in [2.75, 3.05) is 7.11 Å². The molecule has 1 N–H and O–H groups in total. The molecule has 0 aliphatic carbocycles. The second-order valence-electron chi connectivity index (χ2n) is 4.19. The minimum Gasteiger partial charge on any atom is -0.496 e. The Labute approximate surface area is 121 Å². The molecule has 0 aliphatic heterocycles. The number of aliphatic hydroxyl groups excluding tert-OH is 1. The molecule has 0 amide bonds. The second kappa shape index (κ2) is 5.71. The maximum Gasteiger partial charge on any atom is 0.121 e. The molecule has 0 spiro atoms. The van der Waals surface area contributed by atoms with E-state index in [9.17, 15) is 5.11 Å². The molecule has 0 fully saturated rings. The van der Waals surface area contributed by atoms with Crippen LogP contribution in [0, 0.1) is 10.5 Å². The number of rotatable bonds is 3. The van der Waals surface area contributed by atoms with Gasteiger partial charge in [-0.2, -0.15) is 0 Å². The van der Waals surface area contributed by atoms with Gasteiger partial charge in [-0.1, -0.05) is 18.2 Å². The molecule has 1 atom stereocenters. The number of aryl methyl sites for hydroxylation is 1. The van der Waals surface area contributed by atoms with E-state index in [2.05, 4.69) is 22.6 Å². The molecule has 0 bridgehead atoms. The zero-order chi connectivity index (χ0) is 13.1. The van der Waals surface area contributed by atoms with Gasteiger partial charge in [-0.15, -0.1) is 0 Å². The second-order valence-corrected chi connectivity index (χ2v) is 5.43. The molecule has 94 valence electrons. The lowest BCUT2D eigenvalue weighted by Gasteiger charge is -2.14. The largest absolute Gasteiger partial charge is 0.496 e. The van der Waals surface area contributed by atoms with Gasteiger partial charge in [0.05, 0.1) is 7.11 Å². The summed E-state index contributed by atoms with van der Waals surface area (Å²) in [5, 5.41) is 10.4. The Bertz CT molecular complexity index is 552. The predicted molar refractivity (Wildman–Crippen MR) is 81.0 cm³/mol. The lowest BCUT2D eigenvalue weighted by atomic mass is 10.00. The molecule has 18 heavy (non-hydrogen) atoms. The normalized spacial score (nSPS) is 12.2. The van der Waals surface area contributed by atoms with Crippen LogP contribution in [0.25, 0.3) is 0 Å². The van der Waals surface area contributed by atoms with Gasteiger partial charge in [0.25, 0.3) is 0 Å². The van der Waals surface area contributed by atoms with Crippen LogP contribution in [0.4, 0.5) is 0 Å². The number of hydrogen-bond acceptors (Lipinski definition) is 2. The number of methoxy groups -OCH3 is 1. The van der Waals surface area contributed by atoms with Gasteiger partial charge in [0, 0.05) is 3.57 Å². The summed E-state index contributed by atoms with van der Waals surface area (Å²) >= 11 is 2.25. The molecule has 3 heteroatoms. The summed E-state index contributed by atoms with van der Waals surface area (Å²) < 4.78 is 6.34. The summed E-state index contributed by atoms with van der Waals surface area (Å²) in [5.41, 5.74) is 2.82.